The monoisotopic (exact) mass is 205 g/mol. The van der Waals surface area contributed by atoms with Crippen LogP contribution in [-0.2, 0) is 6.42 Å². The van der Waals surface area contributed by atoms with Gasteiger partial charge >= 0.3 is 0 Å². The molecule has 1 unspecified atom stereocenters. The van der Waals surface area contributed by atoms with Gasteiger partial charge in [0.15, 0.2) is 0 Å². The van der Waals surface area contributed by atoms with Crippen molar-refractivity contribution in [3.8, 4) is 0 Å². The maximum atomic E-state index is 4.13. The zero-order chi connectivity index (χ0) is 10.5. The lowest BCUT2D eigenvalue weighted by Crippen LogP contribution is -2.49. The number of rotatable bonds is 3. The molecule has 0 spiro atoms. The molecule has 0 saturated carbocycles. The molecule has 0 radical (unpaired) electrons. The Morgan fingerprint density at radius 1 is 1.60 bits per heavy atom. The van der Waals surface area contributed by atoms with E-state index in [4.69, 9.17) is 0 Å². The van der Waals surface area contributed by atoms with Crippen molar-refractivity contribution in [1.82, 2.24) is 15.2 Å². The Balaban J connectivity index is 1.78. The second-order valence-electron chi connectivity index (χ2n) is 4.27. The summed E-state index contributed by atoms with van der Waals surface area (Å²) in [6.07, 6.45) is 4.91. The zero-order valence-corrected chi connectivity index (χ0v) is 9.32. The summed E-state index contributed by atoms with van der Waals surface area (Å²) in [6, 6.07) is 4.79. The molecular formula is C12H19N3. The summed E-state index contributed by atoms with van der Waals surface area (Å²) >= 11 is 0. The van der Waals surface area contributed by atoms with Crippen LogP contribution in [0.1, 0.15) is 12.5 Å². The molecular weight excluding hydrogens is 186 g/mol. The van der Waals surface area contributed by atoms with Gasteiger partial charge in [-0.05, 0) is 25.0 Å². The topological polar surface area (TPSA) is 28.2 Å². The number of nitrogens with zero attached hydrogens (tertiary/aromatic N) is 2. The molecule has 0 bridgehead atoms. The van der Waals surface area contributed by atoms with Crippen molar-refractivity contribution in [1.29, 1.82) is 0 Å². The van der Waals surface area contributed by atoms with Gasteiger partial charge in [0, 0.05) is 44.6 Å². The quantitative estimate of drug-likeness (QED) is 0.795. The number of aromatic nitrogens is 1. The van der Waals surface area contributed by atoms with E-state index in [1.807, 2.05) is 18.5 Å². The molecule has 1 atom stereocenters. The van der Waals surface area contributed by atoms with E-state index >= 15 is 0 Å². The van der Waals surface area contributed by atoms with Crippen molar-refractivity contribution in [2.24, 2.45) is 0 Å². The van der Waals surface area contributed by atoms with Gasteiger partial charge in [-0.3, -0.25) is 4.98 Å². The summed E-state index contributed by atoms with van der Waals surface area (Å²) in [5.41, 5.74) is 1.34. The third kappa shape index (κ3) is 3.29. The highest BCUT2D eigenvalue weighted by Crippen LogP contribution is 2.02. The van der Waals surface area contributed by atoms with Crippen LogP contribution >= 0.6 is 0 Å². The van der Waals surface area contributed by atoms with Gasteiger partial charge in [-0.15, -0.1) is 0 Å². The predicted octanol–water partition coefficient (Wildman–Crippen LogP) is 0.918. The van der Waals surface area contributed by atoms with Gasteiger partial charge in [-0.2, -0.15) is 0 Å². The Morgan fingerprint density at radius 3 is 3.27 bits per heavy atom. The minimum atomic E-state index is 0.632. The van der Waals surface area contributed by atoms with Crippen LogP contribution in [0.15, 0.2) is 24.5 Å². The Bertz CT molecular complexity index is 286. The lowest BCUT2D eigenvalue weighted by molar-refractivity contribution is 0.209. The van der Waals surface area contributed by atoms with E-state index in [1.54, 1.807) is 0 Å². The third-order valence-corrected chi connectivity index (χ3v) is 2.89. The molecule has 0 amide bonds. The van der Waals surface area contributed by atoms with Crippen LogP contribution in [0.3, 0.4) is 0 Å². The minimum Gasteiger partial charge on any atom is -0.312 e. The Morgan fingerprint density at radius 2 is 2.53 bits per heavy atom. The average molecular weight is 205 g/mol. The summed E-state index contributed by atoms with van der Waals surface area (Å²) in [5.74, 6) is 0. The molecule has 1 saturated heterocycles. The molecule has 82 valence electrons. The summed E-state index contributed by atoms with van der Waals surface area (Å²) in [6.45, 7) is 6.85. The maximum absolute atomic E-state index is 4.13. The fourth-order valence-corrected chi connectivity index (χ4v) is 2.05. The van der Waals surface area contributed by atoms with Crippen LogP contribution in [0.25, 0.3) is 0 Å². The van der Waals surface area contributed by atoms with E-state index < -0.39 is 0 Å². The van der Waals surface area contributed by atoms with E-state index in [-0.39, 0.29) is 0 Å². The third-order valence-electron chi connectivity index (χ3n) is 2.89. The van der Waals surface area contributed by atoms with Crippen molar-refractivity contribution in [2.75, 3.05) is 26.2 Å². The second kappa shape index (κ2) is 5.24. The second-order valence-corrected chi connectivity index (χ2v) is 4.27. The largest absolute Gasteiger partial charge is 0.312 e. The van der Waals surface area contributed by atoms with Crippen LogP contribution in [0, 0.1) is 0 Å². The van der Waals surface area contributed by atoms with E-state index in [2.05, 4.69) is 28.2 Å². The number of nitrogens with one attached hydrogen (secondary N) is 1. The highest BCUT2D eigenvalue weighted by molar-refractivity contribution is 5.08. The Labute approximate surface area is 91.5 Å². The Hall–Kier alpha value is -0.930. The fourth-order valence-electron chi connectivity index (χ4n) is 2.05. The molecule has 0 aromatic carbocycles. The van der Waals surface area contributed by atoms with Gasteiger partial charge in [0.25, 0.3) is 0 Å². The van der Waals surface area contributed by atoms with E-state index in [9.17, 15) is 0 Å². The van der Waals surface area contributed by atoms with Gasteiger partial charge in [0.05, 0.1) is 0 Å². The first-order valence-corrected chi connectivity index (χ1v) is 5.69. The lowest BCUT2D eigenvalue weighted by Gasteiger charge is -2.31. The first-order chi connectivity index (χ1) is 7.34. The normalized spacial score (nSPS) is 22.9. The molecule has 1 aromatic heterocycles. The number of pyridine rings is 1. The fraction of sp³-hybridized carbons (Fsp3) is 0.583. The van der Waals surface area contributed by atoms with Gasteiger partial charge in [-0.1, -0.05) is 6.07 Å². The van der Waals surface area contributed by atoms with Crippen LogP contribution in [0.2, 0.25) is 0 Å². The van der Waals surface area contributed by atoms with Crippen molar-refractivity contribution in [3.05, 3.63) is 30.1 Å². The van der Waals surface area contributed by atoms with Crippen LogP contribution in [0.4, 0.5) is 0 Å². The van der Waals surface area contributed by atoms with Gasteiger partial charge < -0.3 is 10.2 Å². The molecule has 1 N–H and O–H groups in total. The van der Waals surface area contributed by atoms with Gasteiger partial charge in [-0.25, -0.2) is 0 Å². The van der Waals surface area contributed by atoms with Crippen molar-refractivity contribution < 1.29 is 0 Å². The first-order valence-electron chi connectivity index (χ1n) is 5.69. The lowest BCUT2D eigenvalue weighted by atomic mass is 10.2. The number of hydrogen-bond acceptors (Lipinski definition) is 3. The zero-order valence-electron chi connectivity index (χ0n) is 9.32. The summed E-state index contributed by atoms with van der Waals surface area (Å²) in [5, 5.41) is 3.46. The molecule has 1 aromatic rings. The smallest absolute Gasteiger partial charge is 0.0300 e. The molecule has 3 heteroatoms. The van der Waals surface area contributed by atoms with E-state index in [0.29, 0.717) is 6.04 Å². The first kappa shape index (κ1) is 10.6. The minimum absolute atomic E-state index is 0.632. The Kier molecular flexibility index (Phi) is 3.69. The highest BCUT2D eigenvalue weighted by atomic mass is 15.2. The van der Waals surface area contributed by atoms with Crippen LogP contribution in [-0.4, -0.2) is 42.1 Å². The molecule has 3 nitrogen and oxygen atoms in total. The van der Waals surface area contributed by atoms with E-state index in [1.165, 1.54) is 18.7 Å². The standard InChI is InChI=1S/C12H19N3/c1-11-10-15(8-6-14-11)7-4-12-3-2-5-13-9-12/h2-3,5,9,11,14H,4,6-8,10H2,1H3. The highest BCUT2D eigenvalue weighted by Gasteiger charge is 2.14. The molecule has 1 aliphatic rings. The summed E-state index contributed by atoms with van der Waals surface area (Å²) in [7, 11) is 0. The van der Waals surface area contributed by atoms with Crippen LogP contribution < -0.4 is 5.32 Å². The molecule has 15 heavy (non-hydrogen) atoms. The predicted molar refractivity (Wildman–Crippen MR) is 61.8 cm³/mol. The molecule has 2 rings (SSSR count). The number of hydrogen-bond donors (Lipinski definition) is 1. The molecule has 1 fully saturated rings. The molecule has 2 heterocycles. The average Bonchev–Trinajstić information content (AvgIpc) is 2.28. The van der Waals surface area contributed by atoms with E-state index in [0.717, 1.165) is 19.5 Å². The van der Waals surface area contributed by atoms with Gasteiger partial charge in [0.1, 0.15) is 0 Å². The van der Waals surface area contributed by atoms with Gasteiger partial charge in [0.2, 0.25) is 0 Å². The summed E-state index contributed by atoms with van der Waals surface area (Å²) < 4.78 is 0. The maximum Gasteiger partial charge on any atom is 0.0300 e. The van der Waals surface area contributed by atoms with Crippen LogP contribution in [0.5, 0.6) is 0 Å². The number of piperazine rings is 1. The summed E-state index contributed by atoms with van der Waals surface area (Å²) in [4.78, 5) is 6.65. The molecule has 1 aliphatic heterocycles. The van der Waals surface area contributed by atoms with Crippen molar-refractivity contribution in [3.63, 3.8) is 0 Å². The van der Waals surface area contributed by atoms with Crippen molar-refractivity contribution >= 4 is 0 Å². The SMILES string of the molecule is CC1CN(CCc2cccnc2)CCN1. The van der Waals surface area contributed by atoms with Crippen molar-refractivity contribution in [2.45, 2.75) is 19.4 Å². The molecule has 0 aliphatic carbocycles.